The lowest BCUT2D eigenvalue weighted by atomic mass is 10.1. The van der Waals surface area contributed by atoms with E-state index in [0.29, 0.717) is 22.2 Å². The Labute approximate surface area is 158 Å². The molecule has 0 spiro atoms. The molecule has 0 saturated carbocycles. The predicted octanol–water partition coefficient (Wildman–Crippen LogP) is 3.68. The Bertz CT molecular complexity index is 1040. The van der Waals surface area contributed by atoms with Gasteiger partial charge in [0.1, 0.15) is 11.8 Å². The lowest BCUT2D eigenvalue weighted by molar-refractivity contribution is -0.274. The first-order chi connectivity index (χ1) is 13.3. The van der Waals surface area contributed by atoms with Gasteiger partial charge in [-0.15, -0.1) is 13.2 Å². The van der Waals surface area contributed by atoms with Crippen LogP contribution < -0.4 is 10.1 Å². The first kappa shape index (κ1) is 19.2. The van der Waals surface area contributed by atoms with Crippen LogP contribution in [-0.2, 0) is 11.3 Å². The van der Waals surface area contributed by atoms with Crippen LogP contribution in [0.25, 0.3) is 11.0 Å². The zero-order valence-corrected chi connectivity index (χ0v) is 14.7. The Morgan fingerprint density at radius 3 is 2.61 bits per heavy atom. The van der Waals surface area contributed by atoms with Crippen molar-refractivity contribution in [3.8, 4) is 11.8 Å². The van der Waals surface area contributed by atoms with E-state index in [9.17, 15) is 23.2 Å². The third-order valence-electron chi connectivity index (χ3n) is 4.03. The van der Waals surface area contributed by atoms with Gasteiger partial charge in [0.15, 0.2) is 0 Å². The molecule has 1 N–H and O–H groups in total. The summed E-state index contributed by atoms with van der Waals surface area (Å²) in [4.78, 5) is 15.9. The van der Waals surface area contributed by atoms with Gasteiger partial charge in [-0.2, -0.15) is 5.26 Å². The van der Waals surface area contributed by atoms with Crippen molar-refractivity contribution in [1.82, 2.24) is 14.9 Å². The number of hydrogen-bond acceptors (Lipinski definition) is 4. The van der Waals surface area contributed by atoms with Crippen molar-refractivity contribution in [3.05, 3.63) is 59.9 Å². The van der Waals surface area contributed by atoms with Gasteiger partial charge in [0.05, 0.1) is 29.0 Å². The van der Waals surface area contributed by atoms with Crippen LogP contribution in [0.5, 0.6) is 5.75 Å². The monoisotopic (exact) mass is 388 g/mol. The number of nitrogens with zero attached hydrogens (tertiary/aromatic N) is 3. The standard InChI is InChI=1S/C19H15F3N4O2/c1-12(27)25-17(13-5-7-15(8-6-13)28-19(20,21)22)10-26-11-24-16-4-2-3-14(9-23)18(16)26/h2-8,11,17H,10H2,1H3,(H,25,27). The molecule has 3 aromatic rings. The minimum atomic E-state index is -4.78. The van der Waals surface area contributed by atoms with Crippen molar-refractivity contribution >= 4 is 16.9 Å². The number of imidazole rings is 1. The molecule has 0 radical (unpaired) electrons. The number of benzene rings is 2. The Balaban J connectivity index is 1.92. The van der Waals surface area contributed by atoms with Gasteiger partial charge in [0.25, 0.3) is 0 Å². The molecule has 1 amide bonds. The highest BCUT2D eigenvalue weighted by molar-refractivity contribution is 5.81. The fraction of sp³-hybridized carbons (Fsp3) is 0.211. The molecule has 28 heavy (non-hydrogen) atoms. The summed E-state index contributed by atoms with van der Waals surface area (Å²) < 4.78 is 42.6. The summed E-state index contributed by atoms with van der Waals surface area (Å²) in [6.45, 7) is 1.59. The Morgan fingerprint density at radius 1 is 1.29 bits per heavy atom. The number of carbonyl (C=O) groups excluding carboxylic acids is 1. The minimum Gasteiger partial charge on any atom is -0.406 e. The summed E-state index contributed by atoms with van der Waals surface area (Å²) in [6.07, 6.45) is -3.22. The maximum atomic E-state index is 12.3. The van der Waals surface area contributed by atoms with E-state index < -0.39 is 12.4 Å². The molecule has 0 aliphatic heterocycles. The molecule has 0 aliphatic rings. The summed E-state index contributed by atoms with van der Waals surface area (Å²) in [7, 11) is 0. The Kier molecular flexibility index (Phi) is 5.22. The van der Waals surface area contributed by atoms with Gasteiger partial charge >= 0.3 is 6.36 Å². The quantitative estimate of drug-likeness (QED) is 0.723. The topological polar surface area (TPSA) is 79.9 Å². The van der Waals surface area contributed by atoms with Crippen molar-refractivity contribution in [3.63, 3.8) is 0 Å². The van der Waals surface area contributed by atoms with Crippen molar-refractivity contribution < 1.29 is 22.7 Å². The molecule has 144 valence electrons. The number of ether oxygens (including phenoxy) is 1. The maximum Gasteiger partial charge on any atom is 0.573 e. The maximum absolute atomic E-state index is 12.3. The first-order valence-corrected chi connectivity index (χ1v) is 8.23. The predicted molar refractivity (Wildman–Crippen MR) is 94.1 cm³/mol. The van der Waals surface area contributed by atoms with Gasteiger partial charge in [-0.1, -0.05) is 18.2 Å². The van der Waals surface area contributed by atoms with E-state index in [2.05, 4.69) is 21.1 Å². The molecular weight excluding hydrogens is 373 g/mol. The van der Waals surface area contributed by atoms with E-state index in [1.165, 1.54) is 31.2 Å². The van der Waals surface area contributed by atoms with E-state index in [1.807, 2.05) is 0 Å². The molecule has 1 heterocycles. The number of para-hydroxylation sites is 1. The van der Waals surface area contributed by atoms with Crippen LogP contribution in [0, 0.1) is 11.3 Å². The van der Waals surface area contributed by atoms with Crippen molar-refractivity contribution in [1.29, 1.82) is 5.26 Å². The fourth-order valence-electron chi connectivity index (χ4n) is 2.93. The number of amides is 1. The number of carbonyl (C=O) groups is 1. The van der Waals surface area contributed by atoms with Crippen molar-refractivity contribution in [2.75, 3.05) is 0 Å². The van der Waals surface area contributed by atoms with Crippen LogP contribution in [0.4, 0.5) is 13.2 Å². The smallest absolute Gasteiger partial charge is 0.406 e. The molecule has 1 unspecified atom stereocenters. The minimum absolute atomic E-state index is 0.244. The van der Waals surface area contributed by atoms with Crippen LogP contribution in [0.1, 0.15) is 24.1 Å². The van der Waals surface area contributed by atoms with Gasteiger partial charge in [0, 0.05) is 13.5 Å². The summed E-state index contributed by atoms with van der Waals surface area (Å²) in [6, 6.07) is 12.0. The van der Waals surface area contributed by atoms with Crippen LogP contribution in [0.3, 0.4) is 0 Å². The lowest BCUT2D eigenvalue weighted by Crippen LogP contribution is -2.29. The molecule has 9 heteroatoms. The van der Waals surface area contributed by atoms with E-state index in [1.54, 1.807) is 29.1 Å². The van der Waals surface area contributed by atoms with Crippen LogP contribution in [0.15, 0.2) is 48.8 Å². The second-order valence-corrected chi connectivity index (χ2v) is 6.05. The van der Waals surface area contributed by atoms with Gasteiger partial charge < -0.3 is 14.6 Å². The summed E-state index contributed by atoms with van der Waals surface area (Å²) in [5.41, 5.74) is 2.28. The highest BCUT2D eigenvalue weighted by Crippen LogP contribution is 2.26. The number of hydrogen-bond donors (Lipinski definition) is 1. The fourth-order valence-corrected chi connectivity index (χ4v) is 2.93. The number of alkyl halides is 3. The second-order valence-electron chi connectivity index (χ2n) is 6.05. The number of aromatic nitrogens is 2. The molecule has 0 saturated heterocycles. The summed E-state index contributed by atoms with van der Waals surface area (Å²) in [5, 5.41) is 12.1. The van der Waals surface area contributed by atoms with Gasteiger partial charge in [-0.25, -0.2) is 4.98 Å². The average Bonchev–Trinajstić information content (AvgIpc) is 3.03. The molecular formula is C19H15F3N4O2. The normalized spacial score (nSPS) is 12.4. The Hall–Kier alpha value is -3.54. The third-order valence-corrected chi connectivity index (χ3v) is 4.03. The zero-order chi connectivity index (χ0) is 20.3. The molecule has 0 bridgehead atoms. The van der Waals surface area contributed by atoms with Gasteiger partial charge in [-0.05, 0) is 29.8 Å². The molecule has 2 aromatic carbocycles. The van der Waals surface area contributed by atoms with Gasteiger partial charge in [-0.3, -0.25) is 4.79 Å². The Morgan fingerprint density at radius 2 is 2.00 bits per heavy atom. The van der Waals surface area contributed by atoms with Crippen LogP contribution >= 0.6 is 0 Å². The molecule has 6 nitrogen and oxygen atoms in total. The van der Waals surface area contributed by atoms with Crippen molar-refractivity contribution in [2.24, 2.45) is 0 Å². The number of fused-ring (bicyclic) bond motifs is 1. The van der Waals surface area contributed by atoms with E-state index in [4.69, 9.17) is 0 Å². The molecule has 1 aromatic heterocycles. The molecule has 0 aliphatic carbocycles. The zero-order valence-electron chi connectivity index (χ0n) is 14.7. The van der Waals surface area contributed by atoms with E-state index >= 15 is 0 Å². The first-order valence-electron chi connectivity index (χ1n) is 8.23. The van der Waals surface area contributed by atoms with Crippen LogP contribution in [0.2, 0.25) is 0 Å². The summed E-state index contributed by atoms with van der Waals surface area (Å²) in [5.74, 6) is -0.650. The number of rotatable bonds is 5. The lowest BCUT2D eigenvalue weighted by Gasteiger charge is -2.20. The average molecular weight is 388 g/mol. The van der Waals surface area contributed by atoms with E-state index in [-0.39, 0.29) is 18.2 Å². The SMILES string of the molecule is CC(=O)NC(Cn1cnc2cccc(C#N)c21)c1ccc(OC(F)(F)F)cc1. The highest BCUT2D eigenvalue weighted by Gasteiger charge is 2.31. The molecule has 3 rings (SSSR count). The largest absolute Gasteiger partial charge is 0.573 e. The second kappa shape index (κ2) is 7.60. The number of nitrogens with one attached hydrogen (secondary N) is 1. The number of nitriles is 1. The summed E-state index contributed by atoms with van der Waals surface area (Å²) >= 11 is 0. The molecule has 1 atom stereocenters. The molecule has 0 fully saturated rings. The van der Waals surface area contributed by atoms with Crippen molar-refractivity contribution in [2.45, 2.75) is 25.9 Å². The number of halogens is 3. The third kappa shape index (κ3) is 4.40. The van der Waals surface area contributed by atoms with E-state index in [0.717, 1.165) is 0 Å². The van der Waals surface area contributed by atoms with Crippen LogP contribution in [-0.4, -0.2) is 21.8 Å². The highest BCUT2D eigenvalue weighted by atomic mass is 19.4. The van der Waals surface area contributed by atoms with Gasteiger partial charge in [0.2, 0.25) is 5.91 Å².